The Hall–Kier alpha value is -0.700. The first-order valence-electron chi connectivity index (χ1n) is 5.10. The molecule has 0 aromatic carbocycles. The van der Waals surface area contributed by atoms with Gasteiger partial charge in [-0.15, -0.1) is 0 Å². The van der Waals surface area contributed by atoms with Crippen molar-refractivity contribution in [1.82, 2.24) is 5.32 Å². The minimum atomic E-state index is -4.28. The van der Waals surface area contributed by atoms with E-state index in [1.165, 1.54) is 13.8 Å². The summed E-state index contributed by atoms with van der Waals surface area (Å²) in [4.78, 5) is 11.4. The lowest BCUT2D eigenvalue weighted by Gasteiger charge is -2.27. The number of aliphatic hydroxyl groups is 2. The van der Waals surface area contributed by atoms with Gasteiger partial charge >= 0.3 is 0 Å². The number of amides is 1. The van der Waals surface area contributed by atoms with Crippen LogP contribution in [0.5, 0.6) is 0 Å². The van der Waals surface area contributed by atoms with E-state index >= 15 is 0 Å². The van der Waals surface area contributed by atoms with Crippen LogP contribution < -0.4 is 5.32 Å². The summed E-state index contributed by atoms with van der Waals surface area (Å²) >= 11 is 0. The summed E-state index contributed by atoms with van der Waals surface area (Å²) in [6.07, 6.45) is -1.40. The third-order valence-electron chi connectivity index (χ3n) is 2.27. The number of rotatable bonds is 7. The molecule has 0 bridgehead atoms. The number of nitrogens with one attached hydrogen (secondary N) is 1. The van der Waals surface area contributed by atoms with E-state index in [1.54, 1.807) is 0 Å². The molecule has 0 aliphatic heterocycles. The van der Waals surface area contributed by atoms with Gasteiger partial charge in [0.1, 0.15) is 6.10 Å². The first-order valence-corrected chi connectivity index (χ1v) is 6.68. The zero-order chi connectivity index (χ0) is 13.7. The molecular formula is C9H18NO6S-. The molecule has 1 unspecified atom stereocenters. The summed E-state index contributed by atoms with van der Waals surface area (Å²) < 4.78 is 30.8. The molecule has 7 nitrogen and oxygen atoms in total. The highest BCUT2D eigenvalue weighted by Gasteiger charge is 2.32. The highest BCUT2D eigenvalue weighted by molar-refractivity contribution is 7.85. The number of hydrogen-bond acceptors (Lipinski definition) is 6. The van der Waals surface area contributed by atoms with Gasteiger partial charge in [-0.1, -0.05) is 13.8 Å². The fourth-order valence-corrected chi connectivity index (χ4v) is 1.50. The van der Waals surface area contributed by atoms with Gasteiger partial charge in [-0.3, -0.25) is 4.79 Å². The Labute approximate surface area is 101 Å². The number of aliphatic hydroxyl groups excluding tert-OH is 2. The highest BCUT2D eigenvalue weighted by atomic mass is 32.2. The van der Waals surface area contributed by atoms with E-state index in [2.05, 4.69) is 5.32 Å². The second-order valence-electron chi connectivity index (χ2n) is 4.46. The maximum absolute atomic E-state index is 11.4. The molecule has 102 valence electrons. The van der Waals surface area contributed by atoms with Gasteiger partial charge in [0.05, 0.1) is 16.7 Å². The van der Waals surface area contributed by atoms with Crippen LogP contribution in [-0.4, -0.2) is 54.1 Å². The van der Waals surface area contributed by atoms with Crippen molar-refractivity contribution in [3.05, 3.63) is 0 Å². The number of carbonyl (C=O) groups excluding carboxylic acids is 1. The molecule has 0 aliphatic rings. The molecule has 0 aromatic heterocycles. The van der Waals surface area contributed by atoms with E-state index in [4.69, 9.17) is 5.11 Å². The van der Waals surface area contributed by atoms with Crippen molar-refractivity contribution in [2.45, 2.75) is 26.4 Å². The van der Waals surface area contributed by atoms with Gasteiger partial charge in [0.2, 0.25) is 5.91 Å². The van der Waals surface area contributed by atoms with E-state index in [-0.39, 0.29) is 19.6 Å². The lowest BCUT2D eigenvalue weighted by atomic mass is 9.87. The van der Waals surface area contributed by atoms with Crippen LogP contribution in [0.2, 0.25) is 0 Å². The van der Waals surface area contributed by atoms with Crippen LogP contribution in [0.1, 0.15) is 20.3 Å². The smallest absolute Gasteiger partial charge is 0.249 e. The average molecular weight is 268 g/mol. The molecule has 0 spiro atoms. The summed E-state index contributed by atoms with van der Waals surface area (Å²) in [6.45, 7) is 2.65. The van der Waals surface area contributed by atoms with Crippen molar-refractivity contribution in [2.75, 3.05) is 18.9 Å². The molecule has 1 amide bonds. The largest absolute Gasteiger partial charge is 0.748 e. The molecule has 0 aliphatic carbocycles. The van der Waals surface area contributed by atoms with Crippen molar-refractivity contribution in [3.8, 4) is 0 Å². The van der Waals surface area contributed by atoms with Crippen molar-refractivity contribution < 1.29 is 28.0 Å². The van der Waals surface area contributed by atoms with Crippen LogP contribution in [-0.2, 0) is 14.9 Å². The summed E-state index contributed by atoms with van der Waals surface area (Å²) in [6, 6.07) is 0. The van der Waals surface area contributed by atoms with Gasteiger partial charge in [0.15, 0.2) is 0 Å². The predicted molar refractivity (Wildman–Crippen MR) is 59.1 cm³/mol. The standard InChI is InChI=1S/C9H19NO6S/c1-9(2,6-11)7(12)8(13)10-4-3-5-17(14,15)16/h7,11-12H,3-6H2,1-2H3,(H,10,13)(H,14,15,16)/p-1. The average Bonchev–Trinajstić information content (AvgIpc) is 2.21. The molecule has 0 radical (unpaired) electrons. The molecule has 3 N–H and O–H groups in total. The molecule has 8 heteroatoms. The molecule has 1 atom stereocenters. The lowest BCUT2D eigenvalue weighted by molar-refractivity contribution is -0.137. The topological polar surface area (TPSA) is 127 Å². The molecule has 0 fully saturated rings. The molecule has 0 saturated heterocycles. The van der Waals surface area contributed by atoms with Gasteiger partial charge in [0.25, 0.3) is 0 Å². The highest BCUT2D eigenvalue weighted by Crippen LogP contribution is 2.19. The Morgan fingerprint density at radius 1 is 1.47 bits per heavy atom. The third-order valence-corrected chi connectivity index (χ3v) is 3.06. The van der Waals surface area contributed by atoms with E-state index in [0.29, 0.717) is 0 Å². The SMILES string of the molecule is CC(C)(CO)C(O)C(=O)NCCCS(=O)(=O)[O-]. The van der Waals surface area contributed by atoms with Gasteiger partial charge < -0.3 is 20.1 Å². The quantitative estimate of drug-likeness (QED) is 0.377. The molecule has 0 heterocycles. The fourth-order valence-electron chi connectivity index (χ4n) is 0.999. The summed E-state index contributed by atoms with van der Waals surface area (Å²) in [7, 11) is -4.28. The van der Waals surface area contributed by atoms with Crippen molar-refractivity contribution in [1.29, 1.82) is 0 Å². The van der Waals surface area contributed by atoms with Crippen molar-refractivity contribution >= 4 is 16.0 Å². The third kappa shape index (κ3) is 6.57. The first kappa shape index (κ1) is 16.3. The number of carbonyl (C=O) groups is 1. The second kappa shape index (κ2) is 6.29. The Morgan fingerprint density at radius 3 is 2.41 bits per heavy atom. The normalized spacial score (nSPS) is 14.4. The van der Waals surface area contributed by atoms with Crippen LogP contribution in [0, 0.1) is 5.41 Å². The van der Waals surface area contributed by atoms with Crippen LogP contribution in [0.3, 0.4) is 0 Å². The minimum absolute atomic E-state index is 0.0101. The fraction of sp³-hybridized carbons (Fsp3) is 0.889. The predicted octanol–water partition coefficient (Wildman–Crippen LogP) is -1.58. The Morgan fingerprint density at radius 2 is 2.00 bits per heavy atom. The van der Waals surface area contributed by atoms with Gasteiger partial charge in [0, 0.05) is 17.7 Å². The Balaban J connectivity index is 4.04. The van der Waals surface area contributed by atoms with Crippen molar-refractivity contribution in [2.24, 2.45) is 5.41 Å². The van der Waals surface area contributed by atoms with Crippen LogP contribution in [0.4, 0.5) is 0 Å². The van der Waals surface area contributed by atoms with E-state index in [9.17, 15) is 22.9 Å². The summed E-state index contributed by atoms with van der Waals surface area (Å²) in [5.41, 5.74) is -0.977. The Kier molecular flexibility index (Phi) is 6.03. The second-order valence-corrected chi connectivity index (χ2v) is 5.98. The van der Waals surface area contributed by atoms with Gasteiger partial charge in [-0.05, 0) is 6.42 Å². The molecule has 0 rings (SSSR count). The molecule has 17 heavy (non-hydrogen) atoms. The minimum Gasteiger partial charge on any atom is -0.748 e. The van der Waals surface area contributed by atoms with Crippen molar-refractivity contribution in [3.63, 3.8) is 0 Å². The first-order chi connectivity index (χ1) is 7.60. The molecule has 0 saturated carbocycles. The maximum Gasteiger partial charge on any atom is 0.249 e. The summed E-state index contributed by atoms with van der Waals surface area (Å²) in [5.74, 6) is -1.26. The van der Waals surface area contributed by atoms with E-state index in [0.717, 1.165) is 0 Å². The molecule has 0 aromatic rings. The van der Waals surface area contributed by atoms with Crippen LogP contribution in [0.25, 0.3) is 0 Å². The van der Waals surface area contributed by atoms with Crippen LogP contribution in [0.15, 0.2) is 0 Å². The zero-order valence-electron chi connectivity index (χ0n) is 9.84. The van der Waals surface area contributed by atoms with Crippen LogP contribution >= 0.6 is 0 Å². The number of hydrogen-bond donors (Lipinski definition) is 3. The van der Waals surface area contributed by atoms with E-state index < -0.39 is 33.3 Å². The lowest BCUT2D eigenvalue weighted by Crippen LogP contribution is -2.45. The zero-order valence-corrected chi connectivity index (χ0v) is 10.7. The van der Waals surface area contributed by atoms with Gasteiger partial charge in [-0.25, -0.2) is 8.42 Å². The van der Waals surface area contributed by atoms with Gasteiger partial charge in [-0.2, -0.15) is 0 Å². The summed E-state index contributed by atoms with van der Waals surface area (Å²) in [5, 5.41) is 20.8. The molecular weight excluding hydrogens is 250 g/mol. The monoisotopic (exact) mass is 268 g/mol. The Bertz CT molecular complexity index is 350. The maximum atomic E-state index is 11.4. The van der Waals surface area contributed by atoms with E-state index in [1.807, 2.05) is 0 Å².